The molecule has 2 amide bonds. The van der Waals surface area contributed by atoms with Crippen molar-refractivity contribution in [2.75, 3.05) is 4.90 Å². The Labute approximate surface area is 167 Å². The summed E-state index contributed by atoms with van der Waals surface area (Å²) in [5, 5.41) is 0. The second kappa shape index (κ2) is 6.52. The normalized spacial score (nSPS) is 29.6. The van der Waals surface area contributed by atoms with Gasteiger partial charge in [-0.05, 0) is 43.2 Å². The van der Waals surface area contributed by atoms with Crippen LogP contribution in [0, 0.1) is 25.7 Å². The van der Waals surface area contributed by atoms with E-state index < -0.39 is 47.7 Å². The SMILES string of the molecule is CC(=O)OC(OC(C)=O)[C@]12C=C[C@H](O1)[C@@H]1C(=O)N(c3ccc(C)c(C)c3)C(=O)[C@@H]12. The van der Waals surface area contributed by atoms with Crippen LogP contribution in [-0.2, 0) is 33.4 Å². The maximum Gasteiger partial charge on any atom is 0.305 e. The molecule has 0 saturated carbocycles. The molecule has 4 rings (SSSR count). The average molecular weight is 399 g/mol. The molecule has 2 bridgehead atoms. The van der Waals surface area contributed by atoms with Crippen LogP contribution in [0.25, 0.3) is 0 Å². The van der Waals surface area contributed by atoms with Gasteiger partial charge in [0, 0.05) is 13.8 Å². The molecule has 3 aliphatic rings. The van der Waals surface area contributed by atoms with Crippen molar-refractivity contribution in [1.29, 1.82) is 0 Å². The number of carbonyl (C=O) groups excluding carboxylic acids is 4. The molecule has 0 spiro atoms. The largest absolute Gasteiger partial charge is 0.422 e. The van der Waals surface area contributed by atoms with E-state index in [0.29, 0.717) is 5.69 Å². The van der Waals surface area contributed by atoms with Gasteiger partial charge in [-0.15, -0.1) is 0 Å². The molecule has 2 saturated heterocycles. The van der Waals surface area contributed by atoms with Crippen LogP contribution in [0.2, 0.25) is 0 Å². The van der Waals surface area contributed by atoms with Gasteiger partial charge in [-0.2, -0.15) is 0 Å². The molecule has 0 N–H and O–H groups in total. The Morgan fingerprint density at radius 2 is 1.72 bits per heavy atom. The van der Waals surface area contributed by atoms with E-state index in [1.54, 1.807) is 24.3 Å². The Kier molecular flexibility index (Phi) is 4.34. The lowest BCUT2D eigenvalue weighted by Crippen LogP contribution is -2.52. The maximum atomic E-state index is 13.4. The first kappa shape index (κ1) is 19.3. The van der Waals surface area contributed by atoms with Gasteiger partial charge in [0.05, 0.1) is 23.6 Å². The molecule has 1 aromatic carbocycles. The van der Waals surface area contributed by atoms with Crippen LogP contribution >= 0.6 is 0 Å². The molecule has 0 aromatic heterocycles. The number of esters is 2. The summed E-state index contributed by atoms with van der Waals surface area (Å²) in [5.41, 5.74) is 0.932. The van der Waals surface area contributed by atoms with Crippen molar-refractivity contribution in [3.63, 3.8) is 0 Å². The molecular formula is C21H21NO7. The van der Waals surface area contributed by atoms with Crippen LogP contribution in [0.1, 0.15) is 25.0 Å². The third-order valence-electron chi connectivity index (χ3n) is 5.74. The van der Waals surface area contributed by atoms with Crippen LogP contribution in [0.4, 0.5) is 5.69 Å². The number of hydrogen-bond acceptors (Lipinski definition) is 7. The summed E-state index contributed by atoms with van der Waals surface area (Å²) in [6.07, 6.45) is 1.08. The van der Waals surface area contributed by atoms with Gasteiger partial charge in [-0.25, -0.2) is 4.90 Å². The van der Waals surface area contributed by atoms with Gasteiger partial charge in [0.15, 0.2) is 5.60 Å². The van der Waals surface area contributed by atoms with E-state index >= 15 is 0 Å². The topological polar surface area (TPSA) is 99.2 Å². The van der Waals surface area contributed by atoms with E-state index in [4.69, 9.17) is 14.2 Å². The van der Waals surface area contributed by atoms with Crippen LogP contribution in [0.3, 0.4) is 0 Å². The fourth-order valence-electron chi connectivity index (χ4n) is 4.34. The van der Waals surface area contributed by atoms with Crippen LogP contribution in [0.5, 0.6) is 0 Å². The third kappa shape index (κ3) is 2.78. The highest BCUT2D eigenvalue weighted by Crippen LogP contribution is 2.54. The summed E-state index contributed by atoms with van der Waals surface area (Å²) in [4.78, 5) is 50.9. The molecule has 3 aliphatic heterocycles. The lowest BCUT2D eigenvalue weighted by molar-refractivity contribution is -0.226. The van der Waals surface area contributed by atoms with Gasteiger partial charge in [0.1, 0.15) is 0 Å². The average Bonchev–Trinajstić information content (AvgIpc) is 3.28. The fourth-order valence-corrected chi connectivity index (χ4v) is 4.34. The summed E-state index contributed by atoms with van der Waals surface area (Å²) in [5.74, 6) is -3.99. The van der Waals surface area contributed by atoms with Crippen molar-refractivity contribution in [2.45, 2.75) is 45.7 Å². The third-order valence-corrected chi connectivity index (χ3v) is 5.74. The predicted octanol–water partition coefficient (Wildman–Crippen LogP) is 1.57. The minimum Gasteiger partial charge on any atom is -0.422 e. The predicted molar refractivity (Wildman–Crippen MR) is 99.5 cm³/mol. The number of hydrogen-bond donors (Lipinski definition) is 0. The standard InChI is InChI=1S/C21H21NO7/c1-10-5-6-14(9-11(10)2)22-18(25)16-15-7-8-21(29-15,17(16)19(22)26)20(27-12(3)23)28-13(4)24/h5-9,15-17,20H,1-4H3/t15-,16-,17+,21+/m0/s1. The number of anilines is 1. The second-order valence-electron chi connectivity index (χ2n) is 7.63. The van der Waals surface area contributed by atoms with E-state index in [1.165, 1.54) is 13.8 Å². The van der Waals surface area contributed by atoms with Gasteiger partial charge in [0.25, 0.3) is 6.29 Å². The quantitative estimate of drug-likeness (QED) is 0.328. The highest BCUT2D eigenvalue weighted by molar-refractivity contribution is 6.23. The maximum absolute atomic E-state index is 13.4. The second-order valence-corrected chi connectivity index (χ2v) is 7.63. The number of aryl methyl sites for hydroxylation is 2. The number of carbonyl (C=O) groups is 4. The van der Waals surface area contributed by atoms with E-state index in [-0.39, 0.29) is 5.91 Å². The Morgan fingerprint density at radius 1 is 1.07 bits per heavy atom. The molecule has 1 aromatic rings. The summed E-state index contributed by atoms with van der Waals surface area (Å²) in [7, 11) is 0. The van der Waals surface area contributed by atoms with Crippen molar-refractivity contribution < 1.29 is 33.4 Å². The molecular weight excluding hydrogens is 378 g/mol. The van der Waals surface area contributed by atoms with Gasteiger partial charge in [-0.1, -0.05) is 12.1 Å². The number of rotatable bonds is 4. The van der Waals surface area contributed by atoms with Gasteiger partial charge in [-0.3, -0.25) is 19.2 Å². The van der Waals surface area contributed by atoms with Gasteiger partial charge in [0.2, 0.25) is 11.8 Å². The number of benzene rings is 1. The van der Waals surface area contributed by atoms with E-state index in [0.717, 1.165) is 16.0 Å². The smallest absolute Gasteiger partial charge is 0.305 e. The minimum atomic E-state index is -1.53. The van der Waals surface area contributed by atoms with Crippen molar-refractivity contribution in [1.82, 2.24) is 0 Å². The highest BCUT2D eigenvalue weighted by atomic mass is 16.7. The van der Waals surface area contributed by atoms with Crippen molar-refractivity contribution in [2.24, 2.45) is 11.8 Å². The zero-order valence-corrected chi connectivity index (χ0v) is 16.5. The molecule has 4 atom stereocenters. The lowest BCUT2D eigenvalue weighted by atomic mass is 9.76. The first-order valence-electron chi connectivity index (χ1n) is 9.32. The van der Waals surface area contributed by atoms with Crippen molar-refractivity contribution in [3.05, 3.63) is 41.5 Å². The molecule has 0 radical (unpaired) electrons. The monoisotopic (exact) mass is 399 g/mol. The first-order chi connectivity index (χ1) is 13.7. The van der Waals surface area contributed by atoms with E-state index in [9.17, 15) is 19.2 Å². The Morgan fingerprint density at radius 3 is 2.31 bits per heavy atom. The minimum absolute atomic E-state index is 0.385. The van der Waals surface area contributed by atoms with Crippen LogP contribution in [-0.4, -0.2) is 41.7 Å². The summed E-state index contributed by atoms with van der Waals surface area (Å²) >= 11 is 0. The number of amides is 2. The number of imide groups is 1. The zero-order valence-electron chi connectivity index (χ0n) is 16.5. The van der Waals surface area contributed by atoms with Crippen LogP contribution in [0.15, 0.2) is 30.4 Å². The molecule has 8 nitrogen and oxygen atoms in total. The highest BCUT2D eigenvalue weighted by Gasteiger charge is 2.72. The molecule has 152 valence electrons. The fraction of sp³-hybridized carbons (Fsp3) is 0.429. The van der Waals surface area contributed by atoms with Crippen molar-refractivity contribution >= 4 is 29.4 Å². The van der Waals surface area contributed by atoms with E-state index in [2.05, 4.69) is 0 Å². The zero-order chi connectivity index (χ0) is 21.1. The Balaban J connectivity index is 1.75. The number of ether oxygens (including phenoxy) is 3. The molecule has 3 heterocycles. The first-order valence-corrected chi connectivity index (χ1v) is 9.32. The summed E-state index contributed by atoms with van der Waals surface area (Å²) < 4.78 is 16.3. The lowest BCUT2D eigenvalue weighted by Gasteiger charge is -2.34. The van der Waals surface area contributed by atoms with Crippen molar-refractivity contribution in [3.8, 4) is 0 Å². The molecule has 0 unspecified atom stereocenters. The Bertz CT molecular complexity index is 952. The number of nitrogens with zero attached hydrogens (tertiary/aromatic N) is 1. The summed E-state index contributed by atoms with van der Waals surface area (Å²) in [6, 6.07) is 5.35. The molecule has 8 heteroatoms. The summed E-state index contributed by atoms with van der Waals surface area (Å²) in [6.45, 7) is 6.17. The molecule has 0 aliphatic carbocycles. The van der Waals surface area contributed by atoms with Gasteiger partial charge < -0.3 is 14.2 Å². The van der Waals surface area contributed by atoms with Gasteiger partial charge >= 0.3 is 11.9 Å². The molecule has 29 heavy (non-hydrogen) atoms. The van der Waals surface area contributed by atoms with Crippen LogP contribution < -0.4 is 4.90 Å². The Hall–Kier alpha value is -3.00. The molecule has 2 fully saturated rings. The number of fused-ring (bicyclic) bond motifs is 5. The van der Waals surface area contributed by atoms with E-state index in [1.807, 2.05) is 19.9 Å².